The van der Waals surface area contributed by atoms with Crippen molar-refractivity contribution < 1.29 is 4.79 Å². The van der Waals surface area contributed by atoms with Crippen LogP contribution in [0.5, 0.6) is 0 Å². The molecule has 1 aliphatic rings. The van der Waals surface area contributed by atoms with Crippen molar-refractivity contribution in [2.75, 3.05) is 46.3 Å². The summed E-state index contributed by atoms with van der Waals surface area (Å²) < 4.78 is 1.83. The van der Waals surface area contributed by atoms with Gasteiger partial charge in [0, 0.05) is 44.8 Å². The summed E-state index contributed by atoms with van der Waals surface area (Å²) in [6, 6.07) is 18.1. The first-order chi connectivity index (χ1) is 17.0. The number of carbonyl (C=O) groups is 1. The van der Waals surface area contributed by atoms with Crippen LogP contribution in [0.25, 0.3) is 28.0 Å². The van der Waals surface area contributed by atoms with E-state index in [4.69, 9.17) is 4.98 Å². The summed E-state index contributed by atoms with van der Waals surface area (Å²) in [5, 5.41) is 8.52. The molecule has 4 aromatic rings. The van der Waals surface area contributed by atoms with E-state index in [2.05, 4.69) is 53.2 Å². The van der Waals surface area contributed by atoms with Gasteiger partial charge < -0.3 is 10.2 Å². The third-order valence-electron chi connectivity index (χ3n) is 6.90. The summed E-state index contributed by atoms with van der Waals surface area (Å²) in [7, 11) is 2.15. The fourth-order valence-electron chi connectivity index (χ4n) is 4.49. The molecule has 1 N–H and O–H groups in total. The number of pyridine rings is 1. The molecule has 0 radical (unpaired) electrons. The molecule has 0 saturated carbocycles. The first kappa shape index (κ1) is 23.2. The lowest BCUT2D eigenvalue weighted by atomic mass is 10.1. The van der Waals surface area contributed by atoms with Gasteiger partial charge in [0.05, 0.1) is 28.5 Å². The van der Waals surface area contributed by atoms with Crippen molar-refractivity contribution in [2.45, 2.75) is 13.8 Å². The van der Waals surface area contributed by atoms with E-state index in [0.717, 1.165) is 55.1 Å². The number of nitrogens with one attached hydrogen (secondary N) is 1. The maximum absolute atomic E-state index is 13.4. The molecule has 2 aromatic carbocycles. The molecule has 1 fully saturated rings. The number of hydrogen-bond donors (Lipinski definition) is 1. The minimum atomic E-state index is -0.0941. The topological polar surface area (TPSA) is 66.3 Å². The van der Waals surface area contributed by atoms with Gasteiger partial charge in [-0.1, -0.05) is 36.4 Å². The molecular weight excluding hydrogens is 436 g/mol. The molecule has 0 bridgehead atoms. The summed E-state index contributed by atoms with van der Waals surface area (Å²) in [5.41, 5.74) is 6.35. The molecule has 35 heavy (non-hydrogen) atoms. The minimum absolute atomic E-state index is 0.0941. The predicted octanol–water partition coefficient (Wildman–Crippen LogP) is 3.68. The lowest BCUT2D eigenvalue weighted by molar-refractivity contribution is 0.0942. The number of likely N-dealkylation sites (N-methyl/N-ethyl adjacent to an activating group) is 1. The third-order valence-corrected chi connectivity index (χ3v) is 6.90. The van der Waals surface area contributed by atoms with Crippen LogP contribution in [0, 0.1) is 13.8 Å². The van der Waals surface area contributed by atoms with Crippen LogP contribution in [-0.2, 0) is 0 Å². The van der Waals surface area contributed by atoms with Gasteiger partial charge in [0.15, 0.2) is 5.65 Å². The zero-order valence-electron chi connectivity index (χ0n) is 20.7. The summed E-state index contributed by atoms with van der Waals surface area (Å²) in [6.45, 7) is 9.84. The predicted molar refractivity (Wildman–Crippen MR) is 140 cm³/mol. The Hall–Kier alpha value is -3.55. The first-order valence-corrected chi connectivity index (χ1v) is 12.2. The van der Waals surface area contributed by atoms with E-state index in [9.17, 15) is 4.79 Å². The van der Waals surface area contributed by atoms with Crippen molar-refractivity contribution in [1.29, 1.82) is 0 Å². The van der Waals surface area contributed by atoms with E-state index in [-0.39, 0.29) is 5.91 Å². The molecule has 7 nitrogen and oxygen atoms in total. The van der Waals surface area contributed by atoms with Crippen molar-refractivity contribution in [1.82, 2.24) is 29.9 Å². The van der Waals surface area contributed by atoms with Gasteiger partial charge >= 0.3 is 0 Å². The fourth-order valence-corrected chi connectivity index (χ4v) is 4.49. The van der Waals surface area contributed by atoms with Gasteiger partial charge in [-0.2, -0.15) is 5.10 Å². The molecule has 5 rings (SSSR count). The molecule has 3 heterocycles. The minimum Gasteiger partial charge on any atom is -0.351 e. The number of aryl methyl sites for hydroxylation is 2. The second-order valence-electron chi connectivity index (χ2n) is 9.38. The molecule has 0 unspecified atom stereocenters. The SMILES string of the molecule is Cc1ccc(-n2ncc3c(C(=O)NCCN4CCN(C)CC4)cc(-c4ccccc4)nc32)cc1C. The van der Waals surface area contributed by atoms with E-state index >= 15 is 0 Å². The average molecular weight is 469 g/mol. The Morgan fingerprint density at radius 2 is 1.74 bits per heavy atom. The van der Waals surface area contributed by atoms with Crippen LogP contribution in [0.2, 0.25) is 0 Å². The monoisotopic (exact) mass is 468 g/mol. The Morgan fingerprint density at radius 1 is 0.971 bits per heavy atom. The van der Waals surface area contributed by atoms with E-state index < -0.39 is 0 Å². The first-order valence-electron chi connectivity index (χ1n) is 12.2. The molecule has 0 atom stereocenters. The van der Waals surface area contributed by atoms with Crippen LogP contribution >= 0.6 is 0 Å². The number of rotatable bonds is 6. The molecular formula is C28H32N6O. The number of benzene rings is 2. The van der Waals surface area contributed by atoms with Gasteiger partial charge in [0.25, 0.3) is 5.91 Å². The van der Waals surface area contributed by atoms with Crippen molar-refractivity contribution >= 4 is 16.9 Å². The standard InChI is InChI=1S/C28H32N6O/c1-20-9-10-23(17-21(20)2)34-27-25(19-30-34)24(18-26(31-27)22-7-5-4-6-8-22)28(35)29-11-12-33-15-13-32(3)14-16-33/h4-10,17-19H,11-16H2,1-3H3,(H,29,35). The maximum Gasteiger partial charge on any atom is 0.252 e. The Bertz CT molecular complexity index is 1340. The number of nitrogens with zero attached hydrogens (tertiary/aromatic N) is 5. The Labute approximate surface area is 206 Å². The average Bonchev–Trinajstić information content (AvgIpc) is 3.31. The number of hydrogen-bond acceptors (Lipinski definition) is 5. The van der Waals surface area contributed by atoms with Gasteiger partial charge in [-0.25, -0.2) is 9.67 Å². The number of carbonyl (C=O) groups excluding carboxylic acids is 1. The highest BCUT2D eigenvalue weighted by Crippen LogP contribution is 2.27. The molecule has 1 saturated heterocycles. The van der Waals surface area contributed by atoms with Gasteiger partial charge in [-0.3, -0.25) is 9.69 Å². The van der Waals surface area contributed by atoms with Crippen LogP contribution in [0.15, 0.2) is 60.8 Å². The van der Waals surface area contributed by atoms with Gasteiger partial charge in [-0.15, -0.1) is 0 Å². The van der Waals surface area contributed by atoms with E-state index in [1.165, 1.54) is 11.1 Å². The molecule has 0 spiro atoms. The number of amides is 1. The Balaban J connectivity index is 1.48. The molecule has 1 amide bonds. The van der Waals surface area contributed by atoms with E-state index in [1.807, 2.05) is 47.1 Å². The highest BCUT2D eigenvalue weighted by atomic mass is 16.1. The zero-order chi connectivity index (χ0) is 24.4. The number of fused-ring (bicyclic) bond motifs is 1. The second kappa shape index (κ2) is 9.98. The lowest BCUT2D eigenvalue weighted by Crippen LogP contribution is -2.46. The molecule has 180 valence electrons. The second-order valence-corrected chi connectivity index (χ2v) is 9.38. The number of piperazine rings is 1. The number of aromatic nitrogens is 3. The van der Waals surface area contributed by atoms with E-state index in [1.54, 1.807) is 6.20 Å². The quantitative estimate of drug-likeness (QED) is 0.468. The van der Waals surface area contributed by atoms with Crippen molar-refractivity contribution in [3.05, 3.63) is 77.5 Å². The summed E-state index contributed by atoms with van der Waals surface area (Å²) in [5.74, 6) is -0.0941. The summed E-state index contributed by atoms with van der Waals surface area (Å²) in [4.78, 5) is 23.1. The van der Waals surface area contributed by atoms with Crippen LogP contribution in [0.4, 0.5) is 0 Å². The summed E-state index contributed by atoms with van der Waals surface area (Å²) in [6.07, 6.45) is 1.75. The fraction of sp³-hybridized carbons (Fsp3) is 0.321. The van der Waals surface area contributed by atoms with Crippen LogP contribution < -0.4 is 5.32 Å². The third kappa shape index (κ3) is 4.97. The zero-order valence-corrected chi connectivity index (χ0v) is 20.7. The van der Waals surface area contributed by atoms with Crippen LogP contribution in [-0.4, -0.2) is 76.8 Å². The van der Waals surface area contributed by atoms with Crippen molar-refractivity contribution in [3.8, 4) is 16.9 Å². The lowest BCUT2D eigenvalue weighted by Gasteiger charge is -2.32. The normalized spacial score (nSPS) is 14.9. The highest BCUT2D eigenvalue weighted by molar-refractivity contribution is 6.06. The molecule has 1 aliphatic heterocycles. The Morgan fingerprint density at radius 3 is 2.49 bits per heavy atom. The molecule has 2 aromatic heterocycles. The van der Waals surface area contributed by atoms with Gasteiger partial charge in [0.2, 0.25) is 0 Å². The Kier molecular flexibility index (Phi) is 6.61. The van der Waals surface area contributed by atoms with Crippen molar-refractivity contribution in [2.24, 2.45) is 0 Å². The van der Waals surface area contributed by atoms with Crippen LogP contribution in [0.3, 0.4) is 0 Å². The summed E-state index contributed by atoms with van der Waals surface area (Å²) >= 11 is 0. The van der Waals surface area contributed by atoms with Gasteiger partial charge in [0.1, 0.15) is 0 Å². The largest absolute Gasteiger partial charge is 0.351 e. The highest BCUT2D eigenvalue weighted by Gasteiger charge is 2.19. The molecule has 0 aliphatic carbocycles. The van der Waals surface area contributed by atoms with Crippen LogP contribution in [0.1, 0.15) is 21.5 Å². The molecule has 7 heteroatoms. The van der Waals surface area contributed by atoms with Gasteiger partial charge in [-0.05, 0) is 50.2 Å². The van der Waals surface area contributed by atoms with Crippen molar-refractivity contribution in [3.63, 3.8) is 0 Å². The van der Waals surface area contributed by atoms with E-state index in [0.29, 0.717) is 17.8 Å². The maximum atomic E-state index is 13.4. The smallest absolute Gasteiger partial charge is 0.252 e.